The molecule has 0 bridgehead atoms. The number of benzene rings is 1. The van der Waals surface area contributed by atoms with Crippen molar-refractivity contribution in [1.82, 2.24) is 4.90 Å². The lowest BCUT2D eigenvalue weighted by Crippen LogP contribution is -2.45. The molecule has 0 radical (unpaired) electrons. The number of piperidine rings is 1. The highest BCUT2D eigenvalue weighted by Gasteiger charge is 2.26. The number of nitrogens with zero attached hydrogens (tertiary/aromatic N) is 1. The lowest BCUT2D eigenvalue weighted by atomic mass is 9.91. The summed E-state index contributed by atoms with van der Waals surface area (Å²) in [6.45, 7) is 8.83. The molecule has 0 spiro atoms. The molecule has 2 rings (SSSR count). The molecule has 3 nitrogen and oxygen atoms in total. The summed E-state index contributed by atoms with van der Waals surface area (Å²) in [5.74, 6) is 1.66. The highest BCUT2D eigenvalue weighted by atomic mass is 16.5. The minimum atomic E-state index is 0.0117. The quantitative estimate of drug-likeness (QED) is 0.918. The number of likely N-dealkylation sites (tertiary alicyclic amines) is 1. The molecule has 20 heavy (non-hydrogen) atoms. The van der Waals surface area contributed by atoms with Gasteiger partial charge in [-0.15, -0.1) is 0 Å². The fraction of sp³-hybridized carbons (Fsp3) is 0.647. The van der Waals surface area contributed by atoms with E-state index >= 15 is 0 Å². The van der Waals surface area contributed by atoms with Crippen molar-refractivity contribution in [2.24, 2.45) is 11.7 Å². The average Bonchev–Trinajstić information content (AvgIpc) is 2.43. The molecule has 1 aromatic carbocycles. The van der Waals surface area contributed by atoms with E-state index in [1.165, 1.54) is 18.4 Å². The third-order valence-electron chi connectivity index (χ3n) is 4.72. The molecule has 2 N–H and O–H groups in total. The Morgan fingerprint density at radius 1 is 1.40 bits per heavy atom. The van der Waals surface area contributed by atoms with E-state index in [9.17, 15) is 0 Å². The van der Waals surface area contributed by atoms with Gasteiger partial charge in [-0.3, -0.25) is 4.90 Å². The van der Waals surface area contributed by atoms with Crippen LogP contribution in [0.3, 0.4) is 0 Å². The van der Waals surface area contributed by atoms with Crippen molar-refractivity contribution in [3.05, 3.63) is 29.3 Å². The van der Waals surface area contributed by atoms with Crippen LogP contribution in [0.1, 0.15) is 43.9 Å². The number of methoxy groups -OCH3 is 1. The van der Waals surface area contributed by atoms with E-state index in [1.807, 2.05) is 6.07 Å². The summed E-state index contributed by atoms with van der Waals surface area (Å²) >= 11 is 0. The molecule has 0 amide bonds. The maximum absolute atomic E-state index is 6.46. The Kier molecular flexibility index (Phi) is 5.06. The van der Waals surface area contributed by atoms with Crippen LogP contribution in [-0.4, -0.2) is 31.1 Å². The third kappa shape index (κ3) is 3.33. The van der Waals surface area contributed by atoms with Crippen molar-refractivity contribution in [2.45, 2.75) is 45.7 Å². The molecule has 1 aliphatic rings. The van der Waals surface area contributed by atoms with Gasteiger partial charge < -0.3 is 10.5 Å². The molecular weight excluding hydrogens is 248 g/mol. The fourth-order valence-corrected chi connectivity index (χ4v) is 3.17. The van der Waals surface area contributed by atoms with Gasteiger partial charge in [0.2, 0.25) is 0 Å². The van der Waals surface area contributed by atoms with Crippen molar-refractivity contribution in [3.63, 3.8) is 0 Å². The van der Waals surface area contributed by atoms with Crippen LogP contribution in [-0.2, 0) is 0 Å². The van der Waals surface area contributed by atoms with Crippen LogP contribution in [0.25, 0.3) is 0 Å². The van der Waals surface area contributed by atoms with Crippen molar-refractivity contribution in [2.75, 3.05) is 20.2 Å². The first-order valence-electron chi connectivity index (χ1n) is 7.67. The topological polar surface area (TPSA) is 38.5 Å². The first kappa shape index (κ1) is 15.3. The third-order valence-corrected chi connectivity index (χ3v) is 4.72. The van der Waals surface area contributed by atoms with Crippen LogP contribution in [0, 0.1) is 12.8 Å². The zero-order valence-electron chi connectivity index (χ0n) is 13.2. The zero-order chi connectivity index (χ0) is 14.7. The van der Waals surface area contributed by atoms with Gasteiger partial charge in [0.15, 0.2) is 0 Å². The Bertz CT molecular complexity index is 447. The molecule has 1 fully saturated rings. The van der Waals surface area contributed by atoms with E-state index in [1.54, 1.807) is 7.11 Å². The van der Waals surface area contributed by atoms with Gasteiger partial charge in [0, 0.05) is 24.2 Å². The molecular formula is C17H28N2O. The molecule has 1 aliphatic heterocycles. The second-order valence-corrected chi connectivity index (χ2v) is 6.21. The summed E-state index contributed by atoms with van der Waals surface area (Å²) in [6, 6.07) is 6.87. The van der Waals surface area contributed by atoms with Crippen LogP contribution >= 0.6 is 0 Å². The number of hydrogen-bond acceptors (Lipinski definition) is 3. The van der Waals surface area contributed by atoms with E-state index in [2.05, 4.69) is 37.8 Å². The SMILES string of the molecule is COc1ccc(C)cc1C(N)CN1CCCC(C)C1C. The monoisotopic (exact) mass is 276 g/mol. The van der Waals surface area contributed by atoms with Crippen LogP contribution in [0.4, 0.5) is 0 Å². The lowest BCUT2D eigenvalue weighted by Gasteiger charge is -2.39. The molecule has 0 saturated carbocycles. The van der Waals surface area contributed by atoms with Crippen LogP contribution < -0.4 is 10.5 Å². The van der Waals surface area contributed by atoms with Gasteiger partial charge in [-0.2, -0.15) is 0 Å². The number of rotatable bonds is 4. The average molecular weight is 276 g/mol. The Balaban J connectivity index is 2.11. The maximum Gasteiger partial charge on any atom is 0.123 e. The summed E-state index contributed by atoms with van der Waals surface area (Å²) in [6.07, 6.45) is 2.61. The number of aryl methyl sites for hydroxylation is 1. The zero-order valence-corrected chi connectivity index (χ0v) is 13.2. The van der Waals surface area contributed by atoms with E-state index in [-0.39, 0.29) is 6.04 Å². The molecule has 1 heterocycles. The normalized spacial score (nSPS) is 25.4. The van der Waals surface area contributed by atoms with Gasteiger partial charge in [-0.25, -0.2) is 0 Å². The molecule has 112 valence electrons. The predicted molar refractivity (Wildman–Crippen MR) is 84.1 cm³/mol. The summed E-state index contributed by atoms with van der Waals surface area (Å²) in [7, 11) is 1.71. The molecule has 1 saturated heterocycles. The first-order valence-corrected chi connectivity index (χ1v) is 7.67. The van der Waals surface area contributed by atoms with E-state index < -0.39 is 0 Å². The van der Waals surface area contributed by atoms with Crippen molar-refractivity contribution < 1.29 is 4.74 Å². The highest BCUT2D eigenvalue weighted by molar-refractivity contribution is 5.39. The largest absolute Gasteiger partial charge is 0.496 e. The summed E-state index contributed by atoms with van der Waals surface area (Å²) < 4.78 is 5.46. The minimum Gasteiger partial charge on any atom is -0.496 e. The fourth-order valence-electron chi connectivity index (χ4n) is 3.17. The standard InChI is InChI=1S/C17H28N2O/c1-12-7-8-17(20-4)15(10-12)16(18)11-19-9-5-6-13(2)14(19)3/h7-8,10,13-14,16H,5-6,9,11,18H2,1-4H3. The predicted octanol–water partition coefficient (Wildman–Crippen LogP) is 3.12. The number of hydrogen-bond donors (Lipinski definition) is 1. The maximum atomic E-state index is 6.46. The Hall–Kier alpha value is -1.06. The molecule has 0 aromatic heterocycles. The van der Waals surface area contributed by atoms with E-state index in [0.717, 1.165) is 30.3 Å². The van der Waals surface area contributed by atoms with Crippen LogP contribution in [0.15, 0.2) is 18.2 Å². The van der Waals surface area contributed by atoms with Gasteiger partial charge in [-0.05, 0) is 45.2 Å². The smallest absolute Gasteiger partial charge is 0.123 e. The summed E-state index contributed by atoms with van der Waals surface area (Å²) in [4.78, 5) is 2.53. The van der Waals surface area contributed by atoms with E-state index in [4.69, 9.17) is 10.5 Å². The Morgan fingerprint density at radius 2 is 2.15 bits per heavy atom. The second-order valence-electron chi connectivity index (χ2n) is 6.21. The molecule has 0 aliphatic carbocycles. The summed E-state index contributed by atoms with van der Waals surface area (Å²) in [5.41, 5.74) is 8.81. The van der Waals surface area contributed by atoms with E-state index in [0.29, 0.717) is 6.04 Å². The van der Waals surface area contributed by atoms with Crippen molar-refractivity contribution >= 4 is 0 Å². The summed E-state index contributed by atoms with van der Waals surface area (Å²) in [5, 5.41) is 0. The second kappa shape index (κ2) is 6.59. The van der Waals surface area contributed by atoms with Crippen LogP contribution in [0.2, 0.25) is 0 Å². The van der Waals surface area contributed by atoms with Crippen LogP contribution in [0.5, 0.6) is 5.75 Å². The molecule has 3 heteroatoms. The first-order chi connectivity index (χ1) is 9.52. The lowest BCUT2D eigenvalue weighted by molar-refractivity contribution is 0.107. The van der Waals surface area contributed by atoms with Crippen molar-refractivity contribution in [3.8, 4) is 5.75 Å². The van der Waals surface area contributed by atoms with Gasteiger partial charge in [0.1, 0.15) is 5.75 Å². The van der Waals surface area contributed by atoms with Gasteiger partial charge in [-0.1, -0.05) is 24.6 Å². The number of nitrogens with two attached hydrogens (primary N) is 1. The van der Waals surface area contributed by atoms with Gasteiger partial charge >= 0.3 is 0 Å². The Morgan fingerprint density at radius 3 is 2.85 bits per heavy atom. The molecule has 3 atom stereocenters. The minimum absolute atomic E-state index is 0.0117. The van der Waals surface area contributed by atoms with Gasteiger partial charge in [0.05, 0.1) is 7.11 Å². The van der Waals surface area contributed by atoms with Crippen molar-refractivity contribution in [1.29, 1.82) is 0 Å². The van der Waals surface area contributed by atoms with Gasteiger partial charge in [0.25, 0.3) is 0 Å². The number of ether oxygens (including phenoxy) is 1. The Labute approximate surface area is 123 Å². The molecule has 1 aromatic rings. The molecule has 3 unspecified atom stereocenters. The highest BCUT2D eigenvalue weighted by Crippen LogP contribution is 2.28.